The van der Waals surface area contributed by atoms with Crippen LogP contribution in [0, 0.1) is 5.41 Å². The number of carbonyl (C=O) groups is 1. The van der Waals surface area contributed by atoms with Crippen LogP contribution < -0.4 is 5.32 Å². The van der Waals surface area contributed by atoms with Crippen LogP contribution in [0.1, 0.15) is 12.8 Å². The topological polar surface area (TPSA) is 47.6 Å². The molecule has 0 aromatic rings. The van der Waals surface area contributed by atoms with Crippen LogP contribution in [0.5, 0.6) is 0 Å². The zero-order valence-corrected chi connectivity index (χ0v) is 7.84. The molecule has 1 spiro atoms. The maximum atomic E-state index is 11.2. The van der Waals surface area contributed by atoms with E-state index in [4.69, 9.17) is 9.47 Å². The van der Waals surface area contributed by atoms with Gasteiger partial charge >= 0.3 is 5.97 Å². The first-order valence-electron chi connectivity index (χ1n) is 4.65. The summed E-state index contributed by atoms with van der Waals surface area (Å²) in [4.78, 5) is 11.2. The van der Waals surface area contributed by atoms with E-state index in [0.717, 1.165) is 32.6 Å². The van der Waals surface area contributed by atoms with E-state index in [1.165, 1.54) is 7.11 Å². The Morgan fingerprint density at radius 3 is 3.15 bits per heavy atom. The predicted molar refractivity (Wildman–Crippen MR) is 46.3 cm³/mol. The Kier molecular flexibility index (Phi) is 2.26. The fourth-order valence-electron chi connectivity index (χ4n) is 2.18. The van der Waals surface area contributed by atoms with Gasteiger partial charge in [-0.2, -0.15) is 0 Å². The average molecular weight is 185 g/mol. The molecule has 0 aromatic carbocycles. The van der Waals surface area contributed by atoms with E-state index < -0.39 is 0 Å². The summed E-state index contributed by atoms with van der Waals surface area (Å²) >= 11 is 0. The summed E-state index contributed by atoms with van der Waals surface area (Å²) in [6.07, 6.45) is 1.92. The molecule has 13 heavy (non-hydrogen) atoms. The highest BCUT2D eigenvalue weighted by molar-refractivity contribution is 5.76. The predicted octanol–water partition coefficient (Wildman–Crippen LogP) is -0.0720. The Labute approximate surface area is 77.6 Å². The Balaban J connectivity index is 1.96. The van der Waals surface area contributed by atoms with E-state index in [1.54, 1.807) is 0 Å². The van der Waals surface area contributed by atoms with E-state index in [-0.39, 0.29) is 17.4 Å². The monoisotopic (exact) mass is 185 g/mol. The van der Waals surface area contributed by atoms with Gasteiger partial charge in [-0.25, -0.2) is 0 Å². The van der Waals surface area contributed by atoms with Gasteiger partial charge in [-0.3, -0.25) is 4.79 Å². The van der Waals surface area contributed by atoms with Crippen molar-refractivity contribution in [3.8, 4) is 0 Å². The molecule has 0 amide bonds. The van der Waals surface area contributed by atoms with Crippen LogP contribution in [0.15, 0.2) is 0 Å². The number of ether oxygens (including phenoxy) is 2. The van der Waals surface area contributed by atoms with Gasteiger partial charge < -0.3 is 14.8 Å². The SMILES string of the molecule is COC(=O)C1CC2(CCOC2)CN1. The molecule has 1 N–H and O–H groups in total. The van der Waals surface area contributed by atoms with Crippen molar-refractivity contribution >= 4 is 5.97 Å². The summed E-state index contributed by atoms with van der Waals surface area (Å²) in [6.45, 7) is 2.50. The van der Waals surface area contributed by atoms with E-state index in [0.29, 0.717) is 0 Å². The summed E-state index contributed by atoms with van der Waals surface area (Å²) in [5, 5.41) is 3.19. The third-order valence-electron chi connectivity index (χ3n) is 3.03. The van der Waals surface area contributed by atoms with E-state index >= 15 is 0 Å². The van der Waals surface area contributed by atoms with Crippen LogP contribution in [0.25, 0.3) is 0 Å². The van der Waals surface area contributed by atoms with E-state index in [1.807, 2.05) is 0 Å². The summed E-state index contributed by atoms with van der Waals surface area (Å²) in [5.74, 6) is -0.149. The summed E-state index contributed by atoms with van der Waals surface area (Å²) in [6, 6.07) is -0.119. The molecule has 4 nitrogen and oxygen atoms in total. The second-order valence-corrected chi connectivity index (χ2v) is 3.96. The molecule has 0 radical (unpaired) electrons. The molecule has 2 rings (SSSR count). The van der Waals surface area contributed by atoms with Crippen molar-refractivity contribution in [3.05, 3.63) is 0 Å². The molecule has 2 atom stereocenters. The minimum absolute atomic E-state index is 0.119. The lowest BCUT2D eigenvalue weighted by Crippen LogP contribution is -2.31. The molecule has 4 heteroatoms. The molecule has 2 fully saturated rings. The van der Waals surface area contributed by atoms with Crippen LogP contribution in [-0.4, -0.2) is 38.9 Å². The van der Waals surface area contributed by atoms with E-state index in [9.17, 15) is 4.79 Å². The van der Waals surface area contributed by atoms with Crippen molar-refractivity contribution in [1.29, 1.82) is 0 Å². The standard InChI is InChI=1S/C9H15NO3/c1-12-8(11)7-4-9(5-10-7)2-3-13-6-9/h7,10H,2-6H2,1H3. The zero-order valence-electron chi connectivity index (χ0n) is 7.84. The van der Waals surface area contributed by atoms with Crippen molar-refractivity contribution in [1.82, 2.24) is 5.32 Å². The summed E-state index contributed by atoms with van der Waals surface area (Å²) in [7, 11) is 1.43. The Morgan fingerprint density at radius 2 is 2.54 bits per heavy atom. The smallest absolute Gasteiger partial charge is 0.322 e. The van der Waals surface area contributed by atoms with E-state index in [2.05, 4.69) is 5.32 Å². The number of methoxy groups -OCH3 is 1. The number of nitrogens with one attached hydrogen (secondary N) is 1. The van der Waals surface area contributed by atoms with Crippen LogP contribution in [0.3, 0.4) is 0 Å². The second kappa shape index (κ2) is 3.27. The molecule has 74 valence electrons. The number of esters is 1. The molecule has 2 heterocycles. The molecule has 2 unspecified atom stereocenters. The maximum absolute atomic E-state index is 11.2. The van der Waals surface area contributed by atoms with Gasteiger partial charge in [0.1, 0.15) is 6.04 Å². The summed E-state index contributed by atoms with van der Waals surface area (Å²) in [5.41, 5.74) is 0.207. The van der Waals surface area contributed by atoms with Gasteiger partial charge in [0.25, 0.3) is 0 Å². The Bertz CT molecular complexity index is 211. The minimum Gasteiger partial charge on any atom is -0.468 e. The van der Waals surface area contributed by atoms with Crippen LogP contribution >= 0.6 is 0 Å². The van der Waals surface area contributed by atoms with Crippen LogP contribution in [0.4, 0.5) is 0 Å². The van der Waals surface area contributed by atoms with Gasteiger partial charge in [-0.1, -0.05) is 0 Å². The second-order valence-electron chi connectivity index (χ2n) is 3.96. The highest BCUT2D eigenvalue weighted by Crippen LogP contribution is 2.37. The van der Waals surface area contributed by atoms with Crippen molar-refractivity contribution in [2.45, 2.75) is 18.9 Å². The quantitative estimate of drug-likeness (QED) is 0.581. The molecule has 0 saturated carbocycles. The molecule has 2 aliphatic rings. The number of hydrogen-bond acceptors (Lipinski definition) is 4. The number of carbonyl (C=O) groups excluding carboxylic acids is 1. The highest BCUT2D eigenvalue weighted by atomic mass is 16.5. The maximum Gasteiger partial charge on any atom is 0.322 e. The first-order chi connectivity index (χ1) is 6.26. The van der Waals surface area contributed by atoms with Crippen LogP contribution in [-0.2, 0) is 14.3 Å². The fourth-order valence-corrected chi connectivity index (χ4v) is 2.18. The Morgan fingerprint density at radius 1 is 1.69 bits per heavy atom. The zero-order chi connectivity index (χ0) is 9.31. The third-order valence-corrected chi connectivity index (χ3v) is 3.03. The fraction of sp³-hybridized carbons (Fsp3) is 0.889. The Hall–Kier alpha value is -0.610. The minimum atomic E-state index is -0.149. The normalized spacial score (nSPS) is 38.4. The first-order valence-corrected chi connectivity index (χ1v) is 4.65. The van der Waals surface area contributed by atoms with Crippen LogP contribution in [0.2, 0.25) is 0 Å². The van der Waals surface area contributed by atoms with Gasteiger partial charge in [0.2, 0.25) is 0 Å². The molecule has 2 saturated heterocycles. The molecular formula is C9H15NO3. The largest absolute Gasteiger partial charge is 0.468 e. The molecule has 0 aromatic heterocycles. The highest BCUT2D eigenvalue weighted by Gasteiger charge is 2.44. The van der Waals surface area contributed by atoms with Crippen molar-refractivity contribution in [2.75, 3.05) is 26.9 Å². The third kappa shape index (κ3) is 1.56. The summed E-state index contributed by atoms with van der Waals surface area (Å²) < 4.78 is 10.0. The lowest BCUT2D eigenvalue weighted by Gasteiger charge is -2.18. The van der Waals surface area contributed by atoms with Crippen molar-refractivity contribution < 1.29 is 14.3 Å². The lowest BCUT2D eigenvalue weighted by atomic mass is 9.85. The van der Waals surface area contributed by atoms with Gasteiger partial charge in [0.15, 0.2) is 0 Å². The molecular weight excluding hydrogens is 170 g/mol. The van der Waals surface area contributed by atoms with Gasteiger partial charge in [0.05, 0.1) is 13.7 Å². The number of rotatable bonds is 1. The lowest BCUT2D eigenvalue weighted by molar-refractivity contribution is -0.142. The first kappa shape index (κ1) is 8.97. The van der Waals surface area contributed by atoms with Crippen molar-refractivity contribution in [2.24, 2.45) is 5.41 Å². The van der Waals surface area contributed by atoms with Gasteiger partial charge in [0, 0.05) is 18.6 Å². The van der Waals surface area contributed by atoms with Crippen molar-refractivity contribution in [3.63, 3.8) is 0 Å². The van der Waals surface area contributed by atoms with Gasteiger partial charge in [-0.15, -0.1) is 0 Å². The molecule has 0 aliphatic carbocycles. The van der Waals surface area contributed by atoms with Gasteiger partial charge in [-0.05, 0) is 12.8 Å². The molecule has 2 aliphatic heterocycles. The average Bonchev–Trinajstić information content (AvgIpc) is 2.76. The number of hydrogen-bond donors (Lipinski definition) is 1. The molecule has 0 bridgehead atoms.